The van der Waals surface area contributed by atoms with E-state index in [9.17, 15) is 4.39 Å². The molecule has 0 aromatic heterocycles. The van der Waals surface area contributed by atoms with Crippen molar-refractivity contribution in [3.63, 3.8) is 0 Å². The van der Waals surface area contributed by atoms with Crippen LogP contribution >= 0.6 is 66.1 Å². The largest absolute Gasteiger partial charge is 0.207 e. The van der Waals surface area contributed by atoms with Gasteiger partial charge in [0.15, 0.2) is 0 Å². The normalized spacial score (nSPS) is 12.5. The lowest BCUT2D eigenvalue weighted by molar-refractivity contribution is 0.612. The molecular weight excluding hydrogens is 497 g/mol. The zero-order chi connectivity index (χ0) is 13.3. The van der Waals surface area contributed by atoms with Crippen molar-refractivity contribution in [1.82, 2.24) is 0 Å². The van der Waals surface area contributed by atoms with E-state index in [1.54, 1.807) is 6.07 Å². The van der Waals surface area contributed by atoms with Gasteiger partial charge in [-0.15, -0.1) is 0 Å². The molecule has 0 saturated heterocycles. The van der Waals surface area contributed by atoms with Crippen molar-refractivity contribution in [2.24, 2.45) is 0 Å². The molecular formula is C13H7Br2ClFI. The molecule has 0 fully saturated rings. The fourth-order valence-corrected chi connectivity index (χ4v) is 3.05. The highest BCUT2D eigenvalue weighted by molar-refractivity contribution is 14.1. The Hall–Kier alpha value is 0.350. The molecule has 0 bridgehead atoms. The Kier molecular flexibility index (Phi) is 5.08. The third-order valence-electron chi connectivity index (χ3n) is 2.48. The first-order chi connectivity index (χ1) is 8.49. The summed E-state index contributed by atoms with van der Waals surface area (Å²) in [6.45, 7) is 0. The lowest BCUT2D eigenvalue weighted by Gasteiger charge is -2.13. The van der Waals surface area contributed by atoms with Crippen molar-refractivity contribution in [3.8, 4) is 0 Å². The van der Waals surface area contributed by atoms with Gasteiger partial charge in [0.25, 0.3) is 0 Å². The minimum Gasteiger partial charge on any atom is -0.207 e. The first-order valence-corrected chi connectivity index (χ1v) is 8.19. The molecule has 2 aromatic rings. The minimum atomic E-state index is -0.285. The number of alkyl halides is 1. The molecule has 0 aliphatic rings. The number of hydrogen-bond acceptors (Lipinski definition) is 0. The molecule has 0 N–H and O–H groups in total. The van der Waals surface area contributed by atoms with Crippen molar-refractivity contribution in [3.05, 3.63) is 66.4 Å². The van der Waals surface area contributed by atoms with Gasteiger partial charge in [-0.2, -0.15) is 0 Å². The van der Waals surface area contributed by atoms with Crippen LogP contribution in [0.3, 0.4) is 0 Å². The standard InChI is InChI=1S/C13H7Br2ClFI/c14-10-6-12(17)9(5-11(10)16)13(15)7-1-3-8(18)4-2-7/h1-6,13H. The van der Waals surface area contributed by atoms with Crippen LogP contribution in [-0.4, -0.2) is 0 Å². The van der Waals surface area contributed by atoms with E-state index in [0.717, 1.165) is 9.13 Å². The lowest BCUT2D eigenvalue weighted by atomic mass is 10.0. The van der Waals surface area contributed by atoms with Crippen LogP contribution in [0.5, 0.6) is 0 Å². The Morgan fingerprint density at radius 1 is 1.17 bits per heavy atom. The van der Waals surface area contributed by atoms with Crippen molar-refractivity contribution in [1.29, 1.82) is 0 Å². The van der Waals surface area contributed by atoms with E-state index < -0.39 is 0 Å². The van der Waals surface area contributed by atoms with Gasteiger partial charge in [-0.25, -0.2) is 4.39 Å². The van der Waals surface area contributed by atoms with Gasteiger partial charge >= 0.3 is 0 Å². The molecule has 0 amide bonds. The summed E-state index contributed by atoms with van der Waals surface area (Å²) in [5, 5.41) is 0.501. The minimum absolute atomic E-state index is 0.208. The molecule has 0 radical (unpaired) electrons. The van der Waals surface area contributed by atoms with Crippen molar-refractivity contribution >= 4 is 66.1 Å². The van der Waals surface area contributed by atoms with Gasteiger partial charge in [0.05, 0.1) is 9.85 Å². The van der Waals surface area contributed by atoms with Gasteiger partial charge in [-0.3, -0.25) is 0 Å². The van der Waals surface area contributed by atoms with Crippen molar-refractivity contribution < 1.29 is 4.39 Å². The highest BCUT2D eigenvalue weighted by Gasteiger charge is 2.16. The first kappa shape index (κ1) is 14.8. The molecule has 0 aliphatic carbocycles. The molecule has 2 rings (SSSR count). The summed E-state index contributed by atoms with van der Waals surface area (Å²) in [6, 6.07) is 10.9. The van der Waals surface area contributed by atoms with Gasteiger partial charge in [0.2, 0.25) is 0 Å². The summed E-state index contributed by atoms with van der Waals surface area (Å²) in [4.78, 5) is -0.208. The third kappa shape index (κ3) is 3.26. The Morgan fingerprint density at radius 3 is 2.39 bits per heavy atom. The molecule has 18 heavy (non-hydrogen) atoms. The second-order valence-electron chi connectivity index (χ2n) is 3.70. The van der Waals surface area contributed by atoms with E-state index in [2.05, 4.69) is 54.5 Å². The summed E-state index contributed by atoms with van der Waals surface area (Å²) in [6.07, 6.45) is 0. The van der Waals surface area contributed by atoms with Gasteiger partial charge in [-0.1, -0.05) is 39.7 Å². The fraction of sp³-hybridized carbons (Fsp3) is 0.0769. The number of hydrogen-bond donors (Lipinski definition) is 0. The van der Waals surface area contributed by atoms with E-state index >= 15 is 0 Å². The molecule has 94 valence electrons. The van der Waals surface area contributed by atoms with E-state index in [4.69, 9.17) is 11.6 Å². The summed E-state index contributed by atoms with van der Waals surface area (Å²) >= 11 is 15.0. The summed E-state index contributed by atoms with van der Waals surface area (Å²) < 4.78 is 15.6. The number of halogens is 5. The zero-order valence-corrected chi connectivity index (χ0v) is 15.0. The summed E-state index contributed by atoms with van der Waals surface area (Å²) in [5.41, 5.74) is 1.53. The Bertz CT molecular complexity index is 572. The quantitative estimate of drug-likeness (QED) is 0.255. The average Bonchev–Trinajstić information content (AvgIpc) is 2.34. The van der Waals surface area contributed by atoms with E-state index in [-0.39, 0.29) is 10.6 Å². The van der Waals surface area contributed by atoms with Crippen LogP contribution in [0, 0.1) is 9.39 Å². The zero-order valence-electron chi connectivity index (χ0n) is 8.93. The van der Waals surface area contributed by atoms with Crippen LogP contribution in [0.25, 0.3) is 0 Å². The van der Waals surface area contributed by atoms with Crippen molar-refractivity contribution in [2.75, 3.05) is 0 Å². The maximum atomic E-state index is 13.9. The fourth-order valence-electron chi connectivity index (χ4n) is 1.54. The van der Waals surface area contributed by atoms with Gasteiger partial charge in [-0.05, 0) is 68.3 Å². The monoisotopic (exact) mass is 502 g/mol. The van der Waals surface area contributed by atoms with Gasteiger partial charge in [0.1, 0.15) is 5.82 Å². The van der Waals surface area contributed by atoms with Crippen LogP contribution < -0.4 is 0 Å². The average molecular weight is 504 g/mol. The third-order valence-corrected chi connectivity index (χ3v) is 5.41. The molecule has 0 nitrogen and oxygen atoms in total. The van der Waals surface area contributed by atoms with Crippen LogP contribution in [0.15, 0.2) is 40.9 Å². The molecule has 0 aliphatic heterocycles. The predicted octanol–water partition coefficient (Wildman–Crippen LogP) is 6.33. The van der Waals surface area contributed by atoms with Crippen LogP contribution in [0.1, 0.15) is 16.0 Å². The molecule has 5 heteroatoms. The molecule has 0 spiro atoms. The molecule has 0 heterocycles. The second kappa shape index (κ2) is 6.20. The Labute approximate surface area is 140 Å². The molecule has 1 unspecified atom stereocenters. The lowest BCUT2D eigenvalue weighted by Crippen LogP contribution is -1.97. The number of benzene rings is 2. The van der Waals surface area contributed by atoms with E-state index in [0.29, 0.717) is 15.1 Å². The topological polar surface area (TPSA) is 0 Å². The highest BCUT2D eigenvalue weighted by Crippen LogP contribution is 2.36. The van der Waals surface area contributed by atoms with E-state index in [1.165, 1.54) is 6.07 Å². The smallest absolute Gasteiger partial charge is 0.129 e. The maximum Gasteiger partial charge on any atom is 0.129 e. The Morgan fingerprint density at radius 2 is 1.78 bits per heavy atom. The van der Waals surface area contributed by atoms with Crippen LogP contribution in [-0.2, 0) is 0 Å². The first-order valence-electron chi connectivity index (χ1n) is 5.03. The molecule has 0 saturated carbocycles. The SMILES string of the molecule is Fc1cc(Br)c(Cl)cc1C(Br)c1ccc(I)cc1. The van der Waals surface area contributed by atoms with Crippen LogP contribution in [0.4, 0.5) is 4.39 Å². The highest BCUT2D eigenvalue weighted by atomic mass is 127. The molecule has 1 atom stereocenters. The van der Waals surface area contributed by atoms with Gasteiger partial charge in [0, 0.05) is 13.6 Å². The van der Waals surface area contributed by atoms with Crippen LogP contribution in [0.2, 0.25) is 5.02 Å². The number of rotatable bonds is 2. The Balaban J connectivity index is 2.42. The van der Waals surface area contributed by atoms with Gasteiger partial charge < -0.3 is 0 Å². The predicted molar refractivity (Wildman–Crippen MR) is 89.0 cm³/mol. The summed E-state index contributed by atoms with van der Waals surface area (Å²) in [5.74, 6) is -0.285. The second-order valence-corrected chi connectivity index (χ2v) is 7.12. The maximum absolute atomic E-state index is 13.9. The van der Waals surface area contributed by atoms with Crippen molar-refractivity contribution in [2.45, 2.75) is 4.83 Å². The van der Waals surface area contributed by atoms with E-state index in [1.807, 2.05) is 24.3 Å². The summed E-state index contributed by atoms with van der Waals surface area (Å²) in [7, 11) is 0. The molecule has 2 aromatic carbocycles.